The minimum absolute atomic E-state index is 0.146. The highest BCUT2D eigenvalue weighted by molar-refractivity contribution is 7.99. The van der Waals surface area contributed by atoms with Gasteiger partial charge in [0.1, 0.15) is 6.33 Å². The van der Waals surface area contributed by atoms with Crippen LogP contribution in [0.25, 0.3) is 0 Å². The summed E-state index contributed by atoms with van der Waals surface area (Å²) in [5.74, 6) is -0.0779. The first-order chi connectivity index (χ1) is 13.1. The third kappa shape index (κ3) is 5.93. The van der Waals surface area contributed by atoms with Crippen LogP contribution in [-0.2, 0) is 22.6 Å². The smallest absolute Gasteiger partial charge is 0.234 e. The van der Waals surface area contributed by atoms with Gasteiger partial charge in [0, 0.05) is 29.7 Å². The van der Waals surface area contributed by atoms with E-state index in [0.717, 1.165) is 13.0 Å². The van der Waals surface area contributed by atoms with Gasteiger partial charge in [-0.1, -0.05) is 23.9 Å². The zero-order chi connectivity index (χ0) is 19.1. The van der Waals surface area contributed by atoms with Gasteiger partial charge in [0.25, 0.3) is 0 Å². The maximum absolute atomic E-state index is 12.2. The van der Waals surface area contributed by atoms with E-state index in [4.69, 9.17) is 0 Å². The molecule has 0 saturated heterocycles. The lowest BCUT2D eigenvalue weighted by Crippen LogP contribution is -2.15. The summed E-state index contributed by atoms with van der Waals surface area (Å²) in [5.41, 5.74) is 1.27. The van der Waals surface area contributed by atoms with Gasteiger partial charge in [-0.05, 0) is 36.1 Å². The number of thiophene rings is 1. The molecule has 3 rings (SSSR count). The lowest BCUT2D eigenvalue weighted by Gasteiger charge is -2.08. The summed E-state index contributed by atoms with van der Waals surface area (Å²) in [4.78, 5) is 24.6. The molecule has 0 unspecified atom stereocenters. The van der Waals surface area contributed by atoms with Gasteiger partial charge in [-0.25, -0.2) is 0 Å². The maximum atomic E-state index is 12.2. The molecule has 0 spiro atoms. The van der Waals surface area contributed by atoms with Crippen LogP contribution in [0.4, 0.5) is 11.4 Å². The molecule has 0 radical (unpaired) electrons. The molecule has 0 bridgehead atoms. The number of aryl methyl sites for hydroxylation is 2. The number of aromatic nitrogens is 3. The minimum atomic E-state index is -0.157. The van der Waals surface area contributed by atoms with Crippen molar-refractivity contribution in [3.8, 4) is 0 Å². The van der Waals surface area contributed by atoms with Crippen LogP contribution in [-0.4, -0.2) is 32.3 Å². The van der Waals surface area contributed by atoms with Crippen LogP contribution in [0.3, 0.4) is 0 Å². The Morgan fingerprint density at radius 1 is 1.19 bits per heavy atom. The van der Waals surface area contributed by atoms with Crippen molar-refractivity contribution in [3.63, 3.8) is 0 Å². The Balaban J connectivity index is 1.51. The molecular weight excluding hydrogens is 382 g/mol. The summed E-state index contributed by atoms with van der Waals surface area (Å²) in [5, 5.41) is 16.3. The van der Waals surface area contributed by atoms with E-state index >= 15 is 0 Å². The molecule has 9 heteroatoms. The quantitative estimate of drug-likeness (QED) is 0.566. The van der Waals surface area contributed by atoms with Gasteiger partial charge >= 0.3 is 0 Å². The highest BCUT2D eigenvalue weighted by Gasteiger charge is 2.10. The minimum Gasteiger partial charge on any atom is -0.326 e. The maximum Gasteiger partial charge on any atom is 0.234 e. The van der Waals surface area contributed by atoms with E-state index in [-0.39, 0.29) is 17.6 Å². The van der Waals surface area contributed by atoms with E-state index in [1.165, 1.54) is 23.6 Å². The van der Waals surface area contributed by atoms with E-state index < -0.39 is 0 Å². The molecule has 7 nitrogen and oxygen atoms in total. The molecule has 0 saturated carbocycles. The van der Waals surface area contributed by atoms with Crippen LogP contribution in [0.5, 0.6) is 0 Å². The Kier molecular flexibility index (Phi) is 6.61. The van der Waals surface area contributed by atoms with Crippen LogP contribution in [0.1, 0.15) is 11.8 Å². The van der Waals surface area contributed by atoms with Crippen molar-refractivity contribution < 1.29 is 9.59 Å². The highest BCUT2D eigenvalue weighted by Crippen LogP contribution is 2.19. The Morgan fingerprint density at radius 2 is 2.00 bits per heavy atom. The van der Waals surface area contributed by atoms with Crippen LogP contribution in [0.2, 0.25) is 0 Å². The SMILES string of the molecule is CC(=O)Nc1cccc(NC(=O)CSc2nncn2CCc2cccs2)c1. The zero-order valence-electron chi connectivity index (χ0n) is 14.7. The number of thioether (sulfide) groups is 1. The number of nitrogens with one attached hydrogen (secondary N) is 2. The Hall–Kier alpha value is -2.65. The molecular formula is C18H19N5O2S2. The molecule has 0 aliphatic heterocycles. The molecule has 2 N–H and O–H groups in total. The Bertz CT molecular complexity index is 908. The first kappa shape index (κ1) is 19.1. The fourth-order valence-electron chi connectivity index (χ4n) is 2.40. The zero-order valence-corrected chi connectivity index (χ0v) is 16.3. The Morgan fingerprint density at radius 3 is 2.74 bits per heavy atom. The fourth-order valence-corrected chi connectivity index (χ4v) is 3.84. The number of carbonyl (C=O) groups is 2. The predicted octanol–water partition coefficient (Wildman–Crippen LogP) is 3.27. The molecule has 0 fully saturated rings. The van der Waals surface area contributed by atoms with Crippen molar-refractivity contribution in [3.05, 3.63) is 53.0 Å². The number of amides is 2. The first-order valence-corrected chi connectivity index (χ1v) is 10.2. The summed E-state index contributed by atoms with van der Waals surface area (Å²) in [6.07, 6.45) is 2.59. The van der Waals surface area contributed by atoms with Crippen LogP contribution in [0, 0.1) is 0 Å². The highest BCUT2D eigenvalue weighted by atomic mass is 32.2. The molecule has 0 aliphatic rings. The predicted molar refractivity (Wildman–Crippen MR) is 108 cm³/mol. The second kappa shape index (κ2) is 9.33. The summed E-state index contributed by atoms with van der Waals surface area (Å²) in [6, 6.07) is 11.2. The summed E-state index contributed by atoms with van der Waals surface area (Å²) in [7, 11) is 0. The number of rotatable bonds is 8. The van der Waals surface area contributed by atoms with Gasteiger partial charge < -0.3 is 15.2 Å². The van der Waals surface area contributed by atoms with Crippen LogP contribution in [0.15, 0.2) is 53.3 Å². The fraction of sp³-hybridized carbons (Fsp3) is 0.222. The monoisotopic (exact) mass is 401 g/mol. The second-order valence-electron chi connectivity index (χ2n) is 5.74. The van der Waals surface area contributed by atoms with Crippen molar-refractivity contribution in [2.45, 2.75) is 25.0 Å². The van der Waals surface area contributed by atoms with Gasteiger partial charge in [0.2, 0.25) is 11.8 Å². The number of anilines is 2. The number of hydrogen-bond donors (Lipinski definition) is 2. The molecule has 27 heavy (non-hydrogen) atoms. The number of benzene rings is 1. The van der Waals surface area contributed by atoms with Gasteiger partial charge in [-0.3, -0.25) is 9.59 Å². The van der Waals surface area contributed by atoms with Crippen molar-refractivity contribution in [2.75, 3.05) is 16.4 Å². The Labute approximate surface area is 165 Å². The third-order valence-electron chi connectivity index (χ3n) is 3.56. The van der Waals surface area contributed by atoms with E-state index in [0.29, 0.717) is 16.5 Å². The second-order valence-corrected chi connectivity index (χ2v) is 7.71. The van der Waals surface area contributed by atoms with Gasteiger partial charge in [-0.2, -0.15) is 0 Å². The van der Waals surface area contributed by atoms with Crippen molar-refractivity contribution in [2.24, 2.45) is 0 Å². The van der Waals surface area contributed by atoms with Crippen LogP contribution >= 0.6 is 23.1 Å². The lowest BCUT2D eigenvalue weighted by molar-refractivity contribution is -0.114. The van der Waals surface area contributed by atoms with Gasteiger partial charge in [0.05, 0.1) is 5.75 Å². The van der Waals surface area contributed by atoms with E-state index in [1.807, 2.05) is 10.6 Å². The standard InChI is InChI=1S/C18H19N5O2S2/c1-13(24)20-14-4-2-5-15(10-14)21-17(25)11-27-18-22-19-12-23(18)8-7-16-6-3-9-26-16/h2-6,9-10,12H,7-8,11H2,1H3,(H,20,24)(H,21,25). The molecule has 2 amide bonds. The van der Waals surface area contributed by atoms with Crippen molar-refractivity contribution in [1.29, 1.82) is 0 Å². The number of hydrogen-bond acceptors (Lipinski definition) is 6. The van der Waals surface area contributed by atoms with Crippen molar-refractivity contribution in [1.82, 2.24) is 14.8 Å². The summed E-state index contributed by atoms with van der Waals surface area (Å²) < 4.78 is 1.95. The molecule has 3 aromatic rings. The molecule has 2 aromatic heterocycles. The number of carbonyl (C=O) groups excluding carboxylic acids is 2. The normalized spacial score (nSPS) is 10.6. The van der Waals surface area contributed by atoms with E-state index in [1.54, 1.807) is 41.9 Å². The van der Waals surface area contributed by atoms with E-state index in [9.17, 15) is 9.59 Å². The van der Waals surface area contributed by atoms with Crippen molar-refractivity contribution >= 4 is 46.3 Å². The van der Waals surface area contributed by atoms with Gasteiger partial charge in [-0.15, -0.1) is 21.5 Å². The van der Waals surface area contributed by atoms with Crippen LogP contribution < -0.4 is 10.6 Å². The topological polar surface area (TPSA) is 88.9 Å². The largest absolute Gasteiger partial charge is 0.326 e. The molecule has 0 atom stereocenters. The third-order valence-corrected chi connectivity index (χ3v) is 5.48. The molecule has 2 heterocycles. The molecule has 140 valence electrons. The molecule has 1 aromatic carbocycles. The van der Waals surface area contributed by atoms with Gasteiger partial charge in [0.15, 0.2) is 5.16 Å². The number of nitrogens with zero attached hydrogens (tertiary/aromatic N) is 3. The lowest BCUT2D eigenvalue weighted by atomic mass is 10.2. The summed E-state index contributed by atoms with van der Waals surface area (Å²) in [6.45, 7) is 2.21. The summed E-state index contributed by atoms with van der Waals surface area (Å²) >= 11 is 3.07. The first-order valence-electron chi connectivity index (χ1n) is 8.30. The van der Waals surface area contributed by atoms with E-state index in [2.05, 4.69) is 32.3 Å². The molecule has 0 aliphatic carbocycles. The average Bonchev–Trinajstić information content (AvgIpc) is 3.29. The average molecular weight is 402 g/mol.